The van der Waals surface area contributed by atoms with E-state index in [4.69, 9.17) is 0 Å². The van der Waals surface area contributed by atoms with Crippen molar-refractivity contribution in [3.05, 3.63) is 63.3 Å². The van der Waals surface area contributed by atoms with Gasteiger partial charge in [0.15, 0.2) is 5.13 Å². The highest BCUT2D eigenvalue weighted by molar-refractivity contribution is 7.14. The number of para-hydroxylation sites is 1. The molecule has 26 heavy (non-hydrogen) atoms. The summed E-state index contributed by atoms with van der Waals surface area (Å²) in [4.78, 5) is 31.8. The summed E-state index contributed by atoms with van der Waals surface area (Å²) in [6.07, 6.45) is 1.10. The van der Waals surface area contributed by atoms with E-state index in [1.165, 1.54) is 28.2 Å². The Morgan fingerprint density at radius 2 is 2.08 bits per heavy atom. The fourth-order valence-electron chi connectivity index (χ4n) is 3.20. The summed E-state index contributed by atoms with van der Waals surface area (Å²) in [7, 11) is 0. The molecule has 0 radical (unpaired) electrons. The third-order valence-corrected chi connectivity index (χ3v) is 6.00. The summed E-state index contributed by atoms with van der Waals surface area (Å²) in [5.74, 6) is -0.141. The van der Waals surface area contributed by atoms with Crippen LogP contribution in [0.2, 0.25) is 0 Å². The lowest BCUT2D eigenvalue weighted by Crippen LogP contribution is -2.36. The molecule has 4 rings (SSSR count). The molecule has 0 fully saturated rings. The minimum absolute atomic E-state index is 0.0314. The quantitative estimate of drug-likeness (QED) is 0.741. The van der Waals surface area contributed by atoms with Gasteiger partial charge in [0.2, 0.25) is 5.91 Å². The van der Waals surface area contributed by atoms with Gasteiger partial charge in [-0.15, -0.1) is 22.7 Å². The average molecular weight is 383 g/mol. The zero-order valence-corrected chi connectivity index (χ0v) is 15.8. The van der Waals surface area contributed by atoms with Crippen LogP contribution in [-0.4, -0.2) is 22.8 Å². The Labute approximate surface area is 159 Å². The summed E-state index contributed by atoms with van der Waals surface area (Å²) >= 11 is 2.72. The van der Waals surface area contributed by atoms with Crippen molar-refractivity contribution in [2.75, 3.05) is 10.2 Å². The topological polar surface area (TPSA) is 62.3 Å². The number of carbonyl (C=O) groups is 2. The lowest BCUT2D eigenvalue weighted by molar-refractivity contribution is -0.118. The molecule has 0 saturated carbocycles. The third-order valence-electron chi connectivity index (χ3n) is 4.33. The number of thiazole rings is 1. The molecule has 1 aliphatic heterocycles. The fourth-order valence-corrected chi connectivity index (χ4v) is 4.52. The predicted octanol–water partition coefficient (Wildman–Crippen LogP) is 3.98. The average Bonchev–Trinajstić information content (AvgIpc) is 3.33. The number of benzene rings is 1. The van der Waals surface area contributed by atoms with Crippen molar-refractivity contribution in [3.63, 3.8) is 0 Å². The van der Waals surface area contributed by atoms with Crippen LogP contribution in [0.4, 0.5) is 10.8 Å². The van der Waals surface area contributed by atoms with Crippen LogP contribution in [0, 0.1) is 0 Å². The van der Waals surface area contributed by atoms with Crippen molar-refractivity contribution < 1.29 is 9.59 Å². The Morgan fingerprint density at radius 3 is 2.88 bits per heavy atom. The first-order valence-corrected chi connectivity index (χ1v) is 10.1. The molecule has 1 aliphatic rings. The van der Waals surface area contributed by atoms with Gasteiger partial charge in [-0.25, -0.2) is 4.98 Å². The molecule has 0 aliphatic carbocycles. The monoisotopic (exact) mass is 383 g/mol. The molecule has 1 aromatic carbocycles. The van der Waals surface area contributed by atoms with Crippen LogP contribution in [0.25, 0.3) is 0 Å². The van der Waals surface area contributed by atoms with E-state index in [0.717, 1.165) is 12.1 Å². The molecule has 2 aromatic heterocycles. The molecule has 5 nitrogen and oxygen atoms in total. The van der Waals surface area contributed by atoms with Crippen molar-refractivity contribution in [2.45, 2.75) is 25.8 Å². The Hall–Kier alpha value is -2.51. The number of hydrogen-bond acceptors (Lipinski definition) is 5. The van der Waals surface area contributed by atoms with Crippen LogP contribution in [0.15, 0.2) is 47.2 Å². The molecule has 1 unspecified atom stereocenters. The molecule has 3 aromatic rings. The van der Waals surface area contributed by atoms with Gasteiger partial charge < -0.3 is 4.90 Å². The standard InChI is InChI=1S/C19H17N3O2S2/c1-12-9-13-5-2-3-6-15(13)22(12)17(23)10-14-11-26-19(20-14)21-18(24)16-7-4-8-25-16/h2-8,11-12H,9-10H2,1H3,(H,20,21,24). The smallest absolute Gasteiger partial charge is 0.267 e. The first kappa shape index (κ1) is 16.9. The number of nitrogens with zero attached hydrogens (tertiary/aromatic N) is 2. The lowest BCUT2D eigenvalue weighted by atomic mass is 10.1. The third kappa shape index (κ3) is 3.27. The molecule has 1 N–H and O–H groups in total. The van der Waals surface area contributed by atoms with Crippen molar-refractivity contribution in [2.24, 2.45) is 0 Å². The Balaban J connectivity index is 1.44. The van der Waals surface area contributed by atoms with Gasteiger partial charge in [-0.05, 0) is 36.4 Å². The molecule has 1 atom stereocenters. The second-order valence-electron chi connectivity index (χ2n) is 6.20. The molecule has 3 heterocycles. The summed E-state index contributed by atoms with van der Waals surface area (Å²) in [5.41, 5.74) is 2.88. The van der Waals surface area contributed by atoms with E-state index in [0.29, 0.717) is 15.7 Å². The van der Waals surface area contributed by atoms with E-state index in [-0.39, 0.29) is 24.3 Å². The van der Waals surface area contributed by atoms with E-state index < -0.39 is 0 Å². The number of nitrogens with one attached hydrogen (secondary N) is 1. The summed E-state index contributed by atoms with van der Waals surface area (Å²) in [6.45, 7) is 2.06. The fraction of sp³-hybridized carbons (Fsp3) is 0.211. The molecule has 7 heteroatoms. The van der Waals surface area contributed by atoms with Crippen molar-refractivity contribution >= 4 is 45.3 Å². The number of carbonyl (C=O) groups excluding carboxylic acids is 2. The predicted molar refractivity (Wildman–Crippen MR) is 105 cm³/mol. The van der Waals surface area contributed by atoms with Gasteiger partial charge in [0.05, 0.1) is 17.0 Å². The highest BCUT2D eigenvalue weighted by Crippen LogP contribution is 2.32. The van der Waals surface area contributed by atoms with Crippen molar-refractivity contribution in [1.29, 1.82) is 0 Å². The van der Waals surface area contributed by atoms with E-state index in [1.54, 1.807) is 6.07 Å². The Bertz CT molecular complexity index is 949. The number of anilines is 2. The highest BCUT2D eigenvalue weighted by Gasteiger charge is 2.30. The second-order valence-corrected chi connectivity index (χ2v) is 8.00. The highest BCUT2D eigenvalue weighted by atomic mass is 32.1. The van der Waals surface area contributed by atoms with Gasteiger partial charge in [-0.2, -0.15) is 0 Å². The molecular weight excluding hydrogens is 366 g/mol. The van der Waals surface area contributed by atoms with Crippen LogP contribution < -0.4 is 10.2 Å². The van der Waals surface area contributed by atoms with Gasteiger partial charge in [-0.1, -0.05) is 24.3 Å². The van der Waals surface area contributed by atoms with Gasteiger partial charge in [-0.3, -0.25) is 14.9 Å². The summed E-state index contributed by atoms with van der Waals surface area (Å²) < 4.78 is 0. The maximum atomic E-state index is 12.8. The molecule has 2 amide bonds. The molecule has 0 bridgehead atoms. The molecular formula is C19H17N3O2S2. The zero-order chi connectivity index (χ0) is 18.1. The van der Waals surface area contributed by atoms with Gasteiger partial charge in [0, 0.05) is 17.1 Å². The van der Waals surface area contributed by atoms with Crippen LogP contribution in [-0.2, 0) is 17.6 Å². The first-order valence-electron chi connectivity index (χ1n) is 8.31. The van der Waals surface area contributed by atoms with E-state index in [9.17, 15) is 9.59 Å². The minimum atomic E-state index is -0.172. The van der Waals surface area contributed by atoms with Gasteiger partial charge in [0.1, 0.15) is 0 Å². The van der Waals surface area contributed by atoms with Gasteiger partial charge >= 0.3 is 0 Å². The second kappa shape index (κ2) is 7.01. The molecule has 0 spiro atoms. The Morgan fingerprint density at radius 1 is 1.23 bits per heavy atom. The van der Waals surface area contributed by atoms with Crippen LogP contribution in [0.5, 0.6) is 0 Å². The Kier molecular flexibility index (Phi) is 4.57. The molecule has 132 valence electrons. The normalized spacial score (nSPS) is 15.7. The van der Waals surface area contributed by atoms with E-state index >= 15 is 0 Å². The first-order chi connectivity index (χ1) is 12.6. The van der Waals surface area contributed by atoms with Crippen molar-refractivity contribution in [1.82, 2.24) is 4.98 Å². The minimum Gasteiger partial charge on any atom is -0.309 e. The van der Waals surface area contributed by atoms with E-state index in [2.05, 4.69) is 23.3 Å². The zero-order valence-electron chi connectivity index (χ0n) is 14.1. The van der Waals surface area contributed by atoms with Crippen LogP contribution in [0.1, 0.15) is 27.9 Å². The number of fused-ring (bicyclic) bond motifs is 1. The largest absolute Gasteiger partial charge is 0.309 e. The van der Waals surface area contributed by atoms with Crippen molar-refractivity contribution in [3.8, 4) is 0 Å². The number of aromatic nitrogens is 1. The number of rotatable bonds is 4. The van der Waals surface area contributed by atoms with Gasteiger partial charge in [0.25, 0.3) is 5.91 Å². The van der Waals surface area contributed by atoms with Crippen LogP contribution >= 0.6 is 22.7 Å². The maximum Gasteiger partial charge on any atom is 0.267 e. The summed E-state index contributed by atoms with van der Waals surface area (Å²) in [6, 6.07) is 11.8. The summed E-state index contributed by atoms with van der Waals surface area (Å²) in [5, 5.41) is 6.99. The lowest BCUT2D eigenvalue weighted by Gasteiger charge is -2.22. The number of amides is 2. The van der Waals surface area contributed by atoms with E-state index in [1.807, 2.05) is 39.9 Å². The van der Waals surface area contributed by atoms with Crippen LogP contribution in [0.3, 0.4) is 0 Å². The number of thiophene rings is 1. The number of hydrogen-bond donors (Lipinski definition) is 1. The SMILES string of the molecule is CC1Cc2ccccc2N1C(=O)Cc1csc(NC(=O)c2cccs2)n1. The molecule has 0 saturated heterocycles. The maximum absolute atomic E-state index is 12.8.